The topological polar surface area (TPSA) is 32.3 Å². The van der Waals surface area contributed by atoms with Gasteiger partial charge in [0.05, 0.1) is 6.10 Å². The summed E-state index contributed by atoms with van der Waals surface area (Å²) in [5, 5.41) is 14.3. The van der Waals surface area contributed by atoms with Gasteiger partial charge in [0.25, 0.3) is 0 Å². The van der Waals surface area contributed by atoms with Gasteiger partial charge in [-0.3, -0.25) is 0 Å². The zero-order valence-corrected chi connectivity index (χ0v) is 11.3. The maximum atomic E-state index is 10.3. The van der Waals surface area contributed by atoms with E-state index in [0.717, 1.165) is 23.0 Å². The first kappa shape index (κ1) is 12.4. The molecule has 2 atom stereocenters. The number of rotatable bonds is 2. The maximum absolute atomic E-state index is 10.3. The largest absolute Gasteiger partial charge is 0.387 e. The fourth-order valence-electron chi connectivity index (χ4n) is 2.11. The Morgan fingerprint density at radius 2 is 2.25 bits per heavy atom. The molecule has 1 aromatic carbocycles. The van der Waals surface area contributed by atoms with Crippen molar-refractivity contribution in [2.24, 2.45) is 0 Å². The second-order valence-corrected chi connectivity index (χ2v) is 5.49. The Kier molecular flexibility index (Phi) is 4.25. The summed E-state index contributed by atoms with van der Waals surface area (Å²) in [7, 11) is 0. The molecule has 0 spiro atoms. The summed E-state index contributed by atoms with van der Waals surface area (Å²) in [6.45, 7) is 0.980. The van der Waals surface area contributed by atoms with Crippen LogP contribution in [0.1, 0.15) is 30.9 Å². The second kappa shape index (κ2) is 5.50. The summed E-state index contributed by atoms with van der Waals surface area (Å²) in [6, 6.07) is 5.71. The summed E-state index contributed by atoms with van der Waals surface area (Å²) in [5.74, 6) is 0. The summed E-state index contributed by atoms with van der Waals surface area (Å²) >= 11 is 9.50. The predicted molar refractivity (Wildman–Crippen MR) is 69.8 cm³/mol. The van der Waals surface area contributed by atoms with Crippen molar-refractivity contribution in [1.29, 1.82) is 0 Å². The van der Waals surface area contributed by atoms with Crippen molar-refractivity contribution in [1.82, 2.24) is 5.32 Å². The van der Waals surface area contributed by atoms with Gasteiger partial charge in [-0.15, -0.1) is 0 Å². The molecular weight excluding hydrogens is 289 g/mol. The van der Waals surface area contributed by atoms with Gasteiger partial charge in [-0.05, 0) is 37.6 Å². The van der Waals surface area contributed by atoms with E-state index in [1.54, 1.807) is 0 Å². The van der Waals surface area contributed by atoms with Gasteiger partial charge in [0.1, 0.15) is 0 Å². The molecule has 0 radical (unpaired) electrons. The number of benzene rings is 1. The minimum atomic E-state index is -0.523. The smallest absolute Gasteiger partial charge is 0.0957 e. The van der Waals surface area contributed by atoms with Crippen LogP contribution in [-0.4, -0.2) is 17.7 Å². The standard InChI is InChI=1S/C12H15BrClNO/c13-8-4-5-10(14)9(7-8)12(16)11-3-1-2-6-15-11/h4-5,7,11-12,15-16H,1-3,6H2. The Morgan fingerprint density at radius 3 is 2.94 bits per heavy atom. The molecule has 1 aliphatic rings. The van der Waals surface area contributed by atoms with Gasteiger partial charge in [-0.2, -0.15) is 0 Å². The zero-order valence-electron chi connectivity index (χ0n) is 8.92. The molecule has 2 rings (SSSR count). The molecule has 0 aromatic heterocycles. The first-order valence-electron chi connectivity index (χ1n) is 5.55. The van der Waals surface area contributed by atoms with E-state index in [-0.39, 0.29) is 6.04 Å². The van der Waals surface area contributed by atoms with Crippen LogP contribution in [0.4, 0.5) is 0 Å². The summed E-state index contributed by atoms with van der Waals surface area (Å²) in [4.78, 5) is 0. The van der Waals surface area contributed by atoms with Crippen LogP contribution in [0.2, 0.25) is 5.02 Å². The fraction of sp³-hybridized carbons (Fsp3) is 0.500. The van der Waals surface area contributed by atoms with Crippen LogP contribution in [0.15, 0.2) is 22.7 Å². The van der Waals surface area contributed by atoms with Gasteiger partial charge < -0.3 is 10.4 Å². The van der Waals surface area contributed by atoms with E-state index in [1.165, 1.54) is 12.8 Å². The van der Waals surface area contributed by atoms with Crippen molar-refractivity contribution in [3.05, 3.63) is 33.3 Å². The number of nitrogens with one attached hydrogen (secondary N) is 1. The molecule has 1 fully saturated rings. The minimum Gasteiger partial charge on any atom is -0.387 e. The van der Waals surface area contributed by atoms with Gasteiger partial charge in [0.15, 0.2) is 0 Å². The van der Waals surface area contributed by atoms with Crippen LogP contribution in [0.5, 0.6) is 0 Å². The van der Waals surface area contributed by atoms with E-state index in [2.05, 4.69) is 21.2 Å². The van der Waals surface area contributed by atoms with Gasteiger partial charge >= 0.3 is 0 Å². The molecule has 2 nitrogen and oxygen atoms in total. The molecule has 0 amide bonds. The van der Waals surface area contributed by atoms with Crippen LogP contribution in [-0.2, 0) is 0 Å². The lowest BCUT2D eigenvalue weighted by atomic mass is 9.95. The minimum absolute atomic E-state index is 0.126. The van der Waals surface area contributed by atoms with Gasteiger partial charge in [0, 0.05) is 21.1 Å². The SMILES string of the molecule is OC(c1cc(Br)ccc1Cl)C1CCCCN1. The molecule has 2 unspecified atom stereocenters. The Morgan fingerprint density at radius 1 is 1.44 bits per heavy atom. The van der Waals surface area contributed by atoms with Gasteiger partial charge in [-0.1, -0.05) is 34.0 Å². The third-order valence-electron chi connectivity index (χ3n) is 3.01. The number of aliphatic hydroxyl groups is 1. The monoisotopic (exact) mass is 303 g/mol. The number of piperidine rings is 1. The molecular formula is C12H15BrClNO. The molecule has 1 heterocycles. The molecule has 1 aliphatic heterocycles. The van der Waals surface area contributed by atoms with Crippen molar-refractivity contribution in [3.63, 3.8) is 0 Å². The Balaban J connectivity index is 2.18. The number of hydrogen-bond donors (Lipinski definition) is 2. The Hall–Kier alpha value is -0.0900. The average Bonchev–Trinajstić information content (AvgIpc) is 2.32. The summed E-state index contributed by atoms with van der Waals surface area (Å²) in [6.07, 6.45) is 2.84. The van der Waals surface area contributed by atoms with Crippen molar-refractivity contribution in [3.8, 4) is 0 Å². The van der Waals surface area contributed by atoms with Crippen LogP contribution in [0.3, 0.4) is 0 Å². The molecule has 4 heteroatoms. The highest BCUT2D eigenvalue weighted by molar-refractivity contribution is 9.10. The van der Waals surface area contributed by atoms with E-state index in [9.17, 15) is 5.11 Å². The van der Waals surface area contributed by atoms with E-state index in [4.69, 9.17) is 11.6 Å². The van der Waals surface area contributed by atoms with Crippen molar-refractivity contribution in [2.75, 3.05) is 6.54 Å². The molecule has 16 heavy (non-hydrogen) atoms. The lowest BCUT2D eigenvalue weighted by Crippen LogP contribution is -2.38. The number of hydrogen-bond acceptors (Lipinski definition) is 2. The van der Waals surface area contributed by atoms with Crippen molar-refractivity contribution in [2.45, 2.75) is 31.4 Å². The van der Waals surface area contributed by atoms with Gasteiger partial charge in [0.2, 0.25) is 0 Å². The molecule has 88 valence electrons. The molecule has 0 saturated carbocycles. The Labute approximate surface area is 109 Å². The fourth-order valence-corrected chi connectivity index (χ4v) is 2.71. The Bertz CT molecular complexity index is 366. The molecule has 1 saturated heterocycles. The molecule has 1 aromatic rings. The normalized spacial score (nSPS) is 23.1. The number of aliphatic hydroxyl groups excluding tert-OH is 1. The molecule has 0 bridgehead atoms. The number of halogens is 2. The third-order valence-corrected chi connectivity index (χ3v) is 3.84. The van der Waals surface area contributed by atoms with Crippen LogP contribution in [0, 0.1) is 0 Å². The first-order valence-corrected chi connectivity index (χ1v) is 6.72. The second-order valence-electron chi connectivity index (χ2n) is 4.17. The highest BCUT2D eigenvalue weighted by Crippen LogP contribution is 2.30. The first-order chi connectivity index (χ1) is 7.68. The lowest BCUT2D eigenvalue weighted by Gasteiger charge is -2.28. The van der Waals surface area contributed by atoms with Crippen LogP contribution >= 0.6 is 27.5 Å². The highest BCUT2D eigenvalue weighted by Gasteiger charge is 2.24. The van der Waals surface area contributed by atoms with Crippen LogP contribution in [0.25, 0.3) is 0 Å². The predicted octanol–water partition coefficient (Wildman–Crippen LogP) is 3.28. The van der Waals surface area contributed by atoms with E-state index in [1.807, 2.05) is 18.2 Å². The van der Waals surface area contributed by atoms with E-state index >= 15 is 0 Å². The molecule has 2 N–H and O–H groups in total. The summed E-state index contributed by atoms with van der Waals surface area (Å²) < 4.78 is 0.946. The van der Waals surface area contributed by atoms with E-state index in [0.29, 0.717) is 5.02 Å². The quantitative estimate of drug-likeness (QED) is 0.879. The molecule has 0 aliphatic carbocycles. The lowest BCUT2D eigenvalue weighted by molar-refractivity contribution is 0.114. The average molecular weight is 305 g/mol. The zero-order chi connectivity index (χ0) is 11.5. The van der Waals surface area contributed by atoms with Crippen molar-refractivity contribution >= 4 is 27.5 Å². The van der Waals surface area contributed by atoms with Crippen molar-refractivity contribution < 1.29 is 5.11 Å². The van der Waals surface area contributed by atoms with Gasteiger partial charge in [-0.25, -0.2) is 0 Å². The van der Waals surface area contributed by atoms with Crippen LogP contribution < -0.4 is 5.32 Å². The highest BCUT2D eigenvalue weighted by atomic mass is 79.9. The third kappa shape index (κ3) is 2.77. The maximum Gasteiger partial charge on any atom is 0.0957 e. The van der Waals surface area contributed by atoms with E-state index < -0.39 is 6.10 Å². The summed E-state index contributed by atoms with van der Waals surface area (Å²) in [5.41, 5.74) is 0.801.